The predicted molar refractivity (Wildman–Crippen MR) is 103 cm³/mol. The van der Waals surface area contributed by atoms with E-state index in [1.165, 1.54) is 21.6 Å². The molecule has 1 spiro atoms. The Morgan fingerprint density at radius 1 is 1.19 bits per heavy atom. The van der Waals surface area contributed by atoms with E-state index in [2.05, 4.69) is 41.0 Å². The lowest BCUT2D eigenvalue weighted by Gasteiger charge is -2.40. The van der Waals surface area contributed by atoms with Crippen LogP contribution < -0.4 is 10.6 Å². The minimum absolute atomic E-state index is 0.0650. The molecule has 26 heavy (non-hydrogen) atoms. The number of piperidine rings is 1. The molecule has 5 heteroatoms. The highest BCUT2D eigenvalue weighted by atomic mass is 32.1. The monoisotopic (exact) mass is 368 g/mol. The Bertz CT molecular complexity index is 838. The molecule has 4 nitrogen and oxygen atoms in total. The van der Waals surface area contributed by atoms with Gasteiger partial charge >= 0.3 is 0 Å². The molecular weight excluding hydrogens is 344 g/mol. The Labute approximate surface area is 158 Å². The number of amides is 1. The number of hydrogen-bond acceptors (Lipinski definition) is 4. The first-order valence-electron chi connectivity index (χ1n) is 9.62. The molecule has 3 heterocycles. The van der Waals surface area contributed by atoms with Crippen LogP contribution >= 0.6 is 11.3 Å². The Hall–Kier alpha value is -1.69. The van der Waals surface area contributed by atoms with E-state index in [0.717, 1.165) is 56.7 Å². The van der Waals surface area contributed by atoms with Crippen LogP contribution in [-0.4, -0.2) is 25.6 Å². The van der Waals surface area contributed by atoms with E-state index in [9.17, 15) is 4.79 Å². The van der Waals surface area contributed by atoms with Crippen molar-refractivity contribution >= 4 is 17.2 Å². The molecule has 1 amide bonds. The van der Waals surface area contributed by atoms with Crippen molar-refractivity contribution < 1.29 is 9.53 Å². The van der Waals surface area contributed by atoms with Crippen LogP contribution in [0.5, 0.6) is 0 Å². The minimum Gasteiger partial charge on any atom is -0.369 e. The molecule has 1 atom stereocenters. The zero-order valence-electron chi connectivity index (χ0n) is 14.8. The SMILES string of the molecule is O=C(NC1CCc2ccccc21)c1cc2c(s1)C1(CCNCC1)OCC2. The van der Waals surface area contributed by atoms with E-state index in [-0.39, 0.29) is 17.6 Å². The van der Waals surface area contributed by atoms with Crippen LogP contribution in [0.1, 0.15) is 56.5 Å². The summed E-state index contributed by atoms with van der Waals surface area (Å²) in [6.07, 6.45) is 4.95. The van der Waals surface area contributed by atoms with Gasteiger partial charge < -0.3 is 15.4 Å². The van der Waals surface area contributed by atoms with E-state index in [1.54, 1.807) is 11.3 Å². The summed E-state index contributed by atoms with van der Waals surface area (Å²) in [5.41, 5.74) is 3.80. The first-order valence-corrected chi connectivity index (χ1v) is 10.4. The number of carbonyl (C=O) groups excluding carboxylic acids is 1. The average molecular weight is 369 g/mol. The number of ether oxygens (including phenoxy) is 1. The van der Waals surface area contributed by atoms with Gasteiger partial charge in [-0.25, -0.2) is 0 Å². The summed E-state index contributed by atoms with van der Waals surface area (Å²) in [5, 5.41) is 6.69. The maximum absolute atomic E-state index is 12.9. The molecule has 0 bridgehead atoms. The lowest BCUT2D eigenvalue weighted by atomic mass is 9.86. The highest BCUT2D eigenvalue weighted by molar-refractivity contribution is 7.14. The van der Waals surface area contributed by atoms with Crippen LogP contribution in [0, 0.1) is 0 Å². The third-order valence-electron chi connectivity index (χ3n) is 6.05. The quantitative estimate of drug-likeness (QED) is 0.855. The third kappa shape index (κ3) is 2.70. The Morgan fingerprint density at radius 2 is 2.04 bits per heavy atom. The van der Waals surface area contributed by atoms with Crippen molar-refractivity contribution in [3.05, 3.63) is 56.8 Å². The molecule has 1 aromatic carbocycles. The summed E-state index contributed by atoms with van der Waals surface area (Å²) in [5.74, 6) is 0.0650. The summed E-state index contributed by atoms with van der Waals surface area (Å²) < 4.78 is 6.24. The van der Waals surface area contributed by atoms with Crippen molar-refractivity contribution in [1.82, 2.24) is 10.6 Å². The first kappa shape index (κ1) is 16.5. The lowest BCUT2D eigenvalue weighted by Crippen LogP contribution is -2.43. The molecule has 136 valence electrons. The predicted octanol–water partition coefficient (Wildman–Crippen LogP) is 3.32. The van der Waals surface area contributed by atoms with Crippen molar-refractivity contribution in [3.63, 3.8) is 0 Å². The minimum atomic E-state index is -0.165. The van der Waals surface area contributed by atoms with Gasteiger partial charge in [-0.05, 0) is 68.0 Å². The second-order valence-electron chi connectivity index (χ2n) is 7.57. The van der Waals surface area contributed by atoms with Crippen LogP contribution in [0.25, 0.3) is 0 Å². The van der Waals surface area contributed by atoms with Gasteiger partial charge in [-0.15, -0.1) is 11.3 Å². The van der Waals surface area contributed by atoms with Crippen molar-refractivity contribution in [2.24, 2.45) is 0 Å². The molecule has 0 radical (unpaired) electrons. The lowest BCUT2D eigenvalue weighted by molar-refractivity contribution is -0.0771. The smallest absolute Gasteiger partial charge is 0.261 e. The summed E-state index contributed by atoms with van der Waals surface area (Å²) in [7, 11) is 0. The van der Waals surface area contributed by atoms with Crippen LogP contribution in [0.2, 0.25) is 0 Å². The Morgan fingerprint density at radius 3 is 2.92 bits per heavy atom. The summed E-state index contributed by atoms with van der Waals surface area (Å²) in [6.45, 7) is 2.73. The maximum atomic E-state index is 12.9. The van der Waals surface area contributed by atoms with E-state index >= 15 is 0 Å². The molecule has 1 fully saturated rings. The molecular formula is C21H24N2O2S. The van der Waals surface area contributed by atoms with Gasteiger partial charge in [0.25, 0.3) is 5.91 Å². The number of rotatable bonds is 2. The van der Waals surface area contributed by atoms with Crippen molar-refractivity contribution in [2.75, 3.05) is 19.7 Å². The average Bonchev–Trinajstić information content (AvgIpc) is 3.28. The van der Waals surface area contributed by atoms with Crippen LogP contribution in [0.3, 0.4) is 0 Å². The van der Waals surface area contributed by atoms with Gasteiger partial charge in [0.2, 0.25) is 0 Å². The zero-order chi connectivity index (χ0) is 17.6. The van der Waals surface area contributed by atoms with E-state index in [1.807, 2.05) is 0 Å². The van der Waals surface area contributed by atoms with Gasteiger partial charge in [0.15, 0.2) is 0 Å². The number of nitrogens with one attached hydrogen (secondary N) is 2. The van der Waals surface area contributed by atoms with Crippen molar-refractivity contribution in [3.8, 4) is 0 Å². The Balaban J connectivity index is 1.39. The number of benzene rings is 1. The molecule has 1 aromatic heterocycles. The highest BCUT2D eigenvalue weighted by Crippen LogP contribution is 2.44. The van der Waals surface area contributed by atoms with Gasteiger partial charge in [0.05, 0.1) is 17.5 Å². The normalized spacial score (nSPS) is 23.5. The maximum Gasteiger partial charge on any atom is 0.261 e. The number of carbonyl (C=O) groups is 1. The molecule has 5 rings (SSSR count). The van der Waals surface area contributed by atoms with Crippen LogP contribution in [0.4, 0.5) is 0 Å². The van der Waals surface area contributed by atoms with Gasteiger partial charge in [0, 0.05) is 4.88 Å². The summed E-state index contributed by atoms with van der Waals surface area (Å²) >= 11 is 1.65. The molecule has 1 unspecified atom stereocenters. The van der Waals surface area contributed by atoms with Gasteiger partial charge in [-0.2, -0.15) is 0 Å². The fraction of sp³-hybridized carbons (Fsp3) is 0.476. The number of aryl methyl sites for hydroxylation is 1. The molecule has 1 saturated heterocycles. The highest BCUT2D eigenvalue weighted by Gasteiger charge is 2.41. The van der Waals surface area contributed by atoms with Gasteiger partial charge in [-0.3, -0.25) is 4.79 Å². The Kier molecular flexibility index (Phi) is 4.11. The topological polar surface area (TPSA) is 50.4 Å². The van der Waals surface area contributed by atoms with Crippen LogP contribution in [0.15, 0.2) is 30.3 Å². The molecule has 1 aliphatic carbocycles. The fourth-order valence-corrected chi connectivity index (χ4v) is 5.99. The third-order valence-corrected chi connectivity index (χ3v) is 7.41. The fourth-order valence-electron chi connectivity index (χ4n) is 4.67. The van der Waals surface area contributed by atoms with Crippen molar-refractivity contribution in [1.29, 1.82) is 0 Å². The molecule has 0 saturated carbocycles. The molecule has 2 aliphatic heterocycles. The second kappa shape index (κ2) is 6.48. The molecule has 2 N–H and O–H groups in total. The van der Waals surface area contributed by atoms with Gasteiger partial charge in [0.1, 0.15) is 5.60 Å². The first-order chi connectivity index (χ1) is 12.8. The van der Waals surface area contributed by atoms with E-state index in [0.29, 0.717) is 0 Å². The van der Waals surface area contributed by atoms with Crippen molar-refractivity contribution in [2.45, 2.75) is 43.7 Å². The summed E-state index contributed by atoms with van der Waals surface area (Å²) in [6, 6.07) is 10.7. The van der Waals surface area contributed by atoms with Crippen LogP contribution in [-0.2, 0) is 23.2 Å². The van der Waals surface area contributed by atoms with Gasteiger partial charge in [-0.1, -0.05) is 24.3 Å². The second-order valence-corrected chi connectivity index (χ2v) is 8.62. The number of fused-ring (bicyclic) bond motifs is 3. The summed E-state index contributed by atoms with van der Waals surface area (Å²) in [4.78, 5) is 15.1. The standard InChI is InChI=1S/C21H24N2O2S/c24-20(23-17-6-5-14-3-1-2-4-16(14)17)18-13-15-7-12-25-21(19(15)26-18)8-10-22-11-9-21/h1-4,13,17,22H,5-12H2,(H,23,24). The van der Waals surface area contributed by atoms with E-state index in [4.69, 9.17) is 4.74 Å². The largest absolute Gasteiger partial charge is 0.369 e. The van der Waals surface area contributed by atoms with E-state index < -0.39 is 0 Å². The number of hydrogen-bond donors (Lipinski definition) is 2. The zero-order valence-corrected chi connectivity index (χ0v) is 15.7. The number of thiophene rings is 1. The molecule has 3 aliphatic rings. The molecule has 2 aromatic rings.